The molecule has 1 aromatic rings. The summed E-state index contributed by atoms with van der Waals surface area (Å²) in [7, 11) is 1.96. The third kappa shape index (κ3) is 4.13. The lowest BCUT2D eigenvalue weighted by atomic mass is 10.1. The number of fused-ring (bicyclic) bond motifs is 1. The number of benzene rings is 1. The van der Waals surface area contributed by atoms with E-state index in [1.807, 2.05) is 11.9 Å². The van der Waals surface area contributed by atoms with Crippen molar-refractivity contribution in [3.05, 3.63) is 24.0 Å². The number of β-amino-alcohol motifs (C(OH)–C–C–N with tert-alkyl or cyclic N) is 1. The quantitative estimate of drug-likeness (QED) is 0.892. The van der Waals surface area contributed by atoms with Crippen molar-refractivity contribution in [1.82, 2.24) is 0 Å². The van der Waals surface area contributed by atoms with Gasteiger partial charge >= 0.3 is 0 Å². The highest BCUT2D eigenvalue weighted by atomic mass is 19.1. The zero-order valence-electron chi connectivity index (χ0n) is 13.6. The molecule has 1 N–H and O–H groups in total. The van der Waals surface area contributed by atoms with Crippen molar-refractivity contribution < 1.29 is 19.0 Å². The van der Waals surface area contributed by atoms with E-state index in [1.54, 1.807) is 12.1 Å². The number of aliphatic hydroxyl groups excluding tert-OH is 1. The smallest absolute Gasteiger partial charge is 0.125 e. The minimum Gasteiger partial charge on any atom is -0.389 e. The Morgan fingerprint density at radius 1 is 1.30 bits per heavy atom. The molecule has 3 rings (SSSR count). The highest BCUT2D eigenvalue weighted by Crippen LogP contribution is 2.32. The Labute approximate surface area is 136 Å². The van der Waals surface area contributed by atoms with Gasteiger partial charge in [-0.05, 0) is 31.0 Å². The molecule has 23 heavy (non-hydrogen) atoms. The van der Waals surface area contributed by atoms with Crippen LogP contribution in [-0.4, -0.2) is 63.8 Å². The van der Waals surface area contributed by atoms with Gasteiger partial charge in [-0.25, -0.2) is 4.39 Å². The summed E-state index contributed by atoms with van der Waals surface area (Å²) in [4.78, 5) is 4.15. The van der Waals surface area contributed by atoms with Crippen LogP contribution in [0.4, 0.5) is 15.8 Å². The number of anilines is 2. The minimum absolute atomic E-state index is 0.187. The van der Waals surface area contributed by atoms with Crippen molar-refractivity contribution in [2.24, 2.45) is 0 Å². The Morgan fingerprint density at radius 2 is 2.09 bits per heavy atom. The molecule has 0 radical (unpaired) electrons. The molecule has 2 aliphatic rings. The fourth-order valence-electron chi connectivity index (χ4n) is 3.17. The van der Waals surface area contributed by atoms with E-state index in [1.165, 1.54) is 6.07 Å². The van der Waals surface area contributed by atoms with E-state index in [0.717, 1.165) is 50.5 Å². The van der Waals surface area contributed by atoms with Crippen LogP contribution in [0.3, 0.4) is 0 Å². The molecular formula is C17H25FN2O3. The van der Waals surface area contributed by atoms with Crippen molar-refractivity contribution in [1.29, 1.82) is 0 Å². The number of halogens is 1. The first-order valence-corrected chi connectivity index (χ1v) is 8.26. The summed E-state index contributed by atoms with van der Waals surface area (Å²) in [5.41, 5.74) is 1.83. The number of aliphatic hydroxyl groups is 1. The van der Waals surface area contributed by atoms with Gasteiger partial charge in [0.05, 0.1) is 30.2 Å². The number of hydrogen-bond acceptors (Lipinski definition) is 5. The molecule has 5 nitrogen and oxygen atoms in total. The second kappa shape index (κ2) is 7.47. The average molecular weight is 324 g/mol. The third-order valence-corrected chi connectivity index (χ3v) is 4.52. The second-order valence-corrected chi connectivity index (χ2v) is 6.30. The van der Waals surface area contributed by atoms with Crippen molar-refractivity contribution in [2.75, 3.05) is 56.3 Å². The Hall–Kier alpha value is -1.37. The van der Waals surface area contributed by atoms with Crippen LogP contribution in [0.15, 0.2) is 18.2 Å². The normalized spacial score (nSPS) is 20.5. The molecule has 0 spiro atoms. The molecule has 2 heterocycles. The van der Waals surface area contributed by atoms with Crippen molar-refractivity contribution in [2.45, 2.75) is 25.0 Å². The maximum absolute atomic E-state index is 13.5. The Kier molecular flexibility index (Phi) is 5.35. The lowest BCUT2D eigenvalue weighted by Crippen LogP contribution is -2.44. The summed E-state index contributed by atoms with van der Waals surface area (Å²) in [5.74, 6) is -0.235. The molecule has 0 aliphatic carbocycles. The fourth-order valence-corrected chi connectivity index (χ4v) is 3.17. The molecule has 6 heteroatoms. The maximum atomic E-state index is 13.5. The predicted molar refractivity (Wildman–Crippen MR) is 87.7 cm³/mol. The van der Waals surface area contributed by atoms with Gasteiger partial charge in [-0.2, -0.15) is 0 Å². The van der Waals surface area contributed by atoms with E-state index >= 15 is 0 Å². The highest BCUT2D eigenvalue weighted by Gasteiger charge is 2.23. The van der Waals surface area contributed by atoms with E-state index < -0.39 is 6.10 Å². The molecule has 1 saturated heterocycles. The maximum Gasteiger partial charge on any atom is 0.125 e. The third-order valence-electron chi connectivity index (χ3n) is 4.52. The molecule has 0 saturated carbocycles. The minimum atomic E-state index is -0.556. The molecule has 0 bridgehead atoms. The van der Waals surface area contributed by atoms with Gasteiger partial charge in [0.2, 0.25) is 0 Å². The van der Waals surface area contributed by atoms with Crippen LogP contribution in [0.2, 0.25) is 0 Å². The first-order valence-electron chi connectivity index (χ1n) is 8.26. The van der Waals surface area contributed by atoms with E-state index in [9.17, 15) is 9.50 Å². The second-order valence-electron chi connectivity index (χ2n) is 6.30. The number of nitrogens with zero attached hydrogens (tertiary/aromatic N) is 2. The molecule has 0 amide bonds. The summed E-state index contributed by atoms with van der Waals surface area (Å²) in [5, 5.41) is 10.3. The first-order chi connectivity index (χ1) is 11.1. The lowest BCUT2D eigenvalue weighted by Gasteiger charge is -2.38. The van der Waals surface area contributed by atoms with Gasteiger partial charge in [0.25, 0.3) is 0 Å². The van der Waals surface area contributed by atoms with Crippen LogP contribution in [0.25, 0.3) is 0 Å². The SMILES string of the molecule is CN1CCN(CC(O)COC2CCOCC2)c2ccc(F)cc21. The van der Waals surface area contributed by atoms with Crippen molar-refractivity contribution >= 4 is 11.4 Å². The monoisotopic (exact) mass is 324 g/mol. The standard InChI is InChI=1S/C17H25FN2O3/c1-19-6-7-20(16-3-2-13(18)10-17(16)19)11-14(21)12-23-15-4-8-22-9-5-15/h2-3,10,14-15,21H,4-9,11-12H2,1H3. The Balaban J connectivity index is 1.56. The Bertz CT molecular complexity index is 523. The van der Waals surface area contributed by atoms with Crippen LogP contribution >= 0.6 is 0 Å². The molecule has 128 valence electrons. The lowest BCUT2D eigenvalue weighted by molar-refractivity contribution is -0.0575. The number of ether oxygens (including phenoxy) is 2. The zero-order chi connectivity index (χ0) is 16.2. The zero-order valence-corrected chi connectivity index (χ0v) is 13.6. The van der Waals surface area contributed by atoms with Gasteiger partial charge in [0.15, 0.2) is 0 Å². The van der Waals surface area contributed by atoms with Gasteiger partial charge in [-0.1, -0.05) is 0 Å². The van der Waals surface area contributed by atoms with Crippen LogP contribution in [-0.2, 0) is 9.47 Å². The van der Waals surface area contributed by atoms with Crippen LogP contribution in [0.1, 0.15) is 12.8 Å². The summed E-state index contributed by atoms with van der Waals surface area (Å²) in [6.07, 6.45) is 1.42. The van der Waals surface area contributed by atoms with Crippen molar-refractivity contribution in [3.63, 3.8) is 0 Å². The molecule has 1 aromatic carbocycles. The van der Waals surface area contributed by atoms with Crippen molar-refractivity contribution in [3.8, 4) is 0 Å². The fraction of sp³-hybridized carbons (Fsp3) is 0.647. The van der Waals surface area contributed by atoms with Gasteiger partial charge in [0.1, 0.15) is 5.82 Å². The Morgan fingerprint density at radius 3 is 2.87 bits per heavy atom. The molecule has 2 aliphatic heterocycles. The molecule has 1 fully saturated rings. The summed E-state index contributed by atoms with van der Waals surface area (Å²) in [6, 6.07) is 4.80. The summed E-state index contributed by atoms with van der Waals surface area (Å²) in [6.45, 7) is 3.91. The van der Waals surface area contributed by atoms with E-state index in [4.69, 9.17) is 9.47 Å². The number of rotatable bonds is 5. The average Bonchev–Trinajstić information content (AvgIpc) is 2.57. The number of hydrogen-bond donors (Lipinski definition) is 1. The largest absolute Gasteiger partial charge is 0.389 e. The van der Waals surface area contributed by atoms with Gasteiger partial charge in [-0.3, -0.25) is 0 Å². The number of likely N-dealkylation sites (N-methyl/N-ethyl adjacent to an activating group) is 1. The highest BCUT2D eigenvalue weighted by molar-refractivity contribution is 5.73. The molecule has 1 unspecified atom stereocenters. The van der Waals surface area contributed by atoms with Gasteiger partial charge in [-0.15, -0.1) is 0 Å². The van der Waals surface area contributed by atoms with E-state index in [0.29, 0.717) is 13.2 Å². The van der Waals surface area contributed by atoms with E-state index in [2.05, 4.69) is 4.90 Å². The summed E-state index contributed by atoms with van der Waals surface area (Å²) >= 11 is 0. The first kappa shape index (κ1) is 16.5. The topological polar surface area (TPSA) is 45.2 Å². The molecular weight excluding hydrogens is 299 g/mol. The summed E-state index contributed by atoms with van der Waals surface area (Å²) < 4.78 is 24.5. The van der Waals surface area contributed by atoms with Gasteiger partial charge in [0, 0.05) is 39.9 Å². The van der Waals surface area contributed by atoms with Gasteiger partial charge < -0.3 is 24.4 Å². The van der Waals surface area contributed by atoms with E-state index in [-0.39, 0.29) is 11.9 Å². The molecule has 1 atom stereocenters. The predicted octanol–water partition coefficient (Wildman–Crippen LogP) is 1.64. The van der Waals surface area contributed by atoms with Crippen LogP contribution in [0.5, 0.6) is 0 Å². The van der Waals surface area contributed by atoms with Crippen LogP contribution < -0.4 is 9.80 Å². The van der Waals surface area contributed by atoms with Crippen LogP contribution in [0, 0.1) is 5.82 Å². The molecule has 0 aromatic heterocycles.